The average molecular weight is 451 g/mol. The molecule has 3 rings (SSSR count). The molecule has 2 aromatic carbocycles. The van der Waals surface area contributed by atoms with Gasteiger partial charge in [-0.3, -0.25) is 18.9 Å². The van der Waals surface area contributed by atoms with E-state index in [2.05, 4.69) is 23.7 Å². The van der Waals surface area contributed by atoms with Gasteiger partial charge in [0, 0.05) is 12.8 Å². The highest BCUT2D eigenvalue weighted by molar-refractivity contribution is 7.71. The molecule has 0 aliphatic carbocycles. The minimum absolute atomic E-state index is 0.115. The molecule has 3 aromatic rings. The summed E-state index contributed by atoms with van der Waals surface area (Å²) < 4.78 is 3.23. The summed E-state index contributed by atoms with van der Waals surface area (Å²) in [5.41, 5.74) is 2.96. The van der Waals surface area contributed by atoms with Crippen molar-refractivity contribution in [3.63, 3.8) is 0 Å². The highest BCUT2D eigenvalue weighted by Crippen LogP contribution is 2.24. The van der Waals surface area contributed by atoms with E-state index in [9.17, 15) is 9.90 Å². The molecule has 0 aliphatic heterocycles. The lowest BCUT2D eigenvalue weighted by molar-refractivity contribution is 0.313. The highest BCUT2D eigenvalue weighted by atomic mass is 32.1. The van der Waals surface area contributed by atoms with Crippen LogP contribution < -0.4 is 5.56 Å². The minimum atomic E-state index is -0.391. The van der Waals surface area contributed by atoms with Crippen LogP contribution in [-0.2, 0) is 0 Å². The first-order chi connectivity index (χ1) is 15.4. The quantitative estimate of drug-likeness (QED) is 0.407. The fourth-order valence-electron chi connectivity index (χ4n) is 3.68. The Balaban J connectivity index is 2.23. The Morgan fingerprint density at radius 2 is 1.50 bits per heavy atom. The van der Waals surface area contributed by atoms with Crippen molar-refractivity contribution in [3.8, 4) is 17.3 Å². The molecule has 0 aliphatic rings. The number of benzene rings is 2. The summed E-state index contributed by atoms with van der Waals surface area (Å²) in [7, 11) is 0. The lowest BCUT2D eigenvalue weighted by Crippen LogP contribution is -2.28. The van der Waals surface area contributed by atoms with Crippen LogP contribution in [0, 0.1) is 18.6 Å². The monoisotopic (exact) mass is 450 g/mol. The topological polar surface area (TPSA) is 62.8 Å². The molecule has 1 N–H and O–H groups in total. The smallest absolute Gasteiger partial charge is 0.271 e. The molecule has 0 saturated carbocycles. The molecule has 0 radical (unpaired) electrons. The zero-order chi connectivity index (χ0) is 23.3. The molecule has 32 heavy (non-hydrogen) atoms. The Hall–Kier alpha value is -3.03. The summed E-state index contributed by atoms with van der Waals surface area (Å²) >= 11 is 5.73. The maximum absolute atomic E-state index is 13.5. The fraction of sp³-hybridized carbons (Fsp3) is 0.320. The van der Waals surface area contributed by atoms with Crippen molar-refractivity contribution < 1.29 is 5.11 Å². The number of hydrogen-bond donors (Lipinski definition) is 1. The van der Waals surface area contributed by atoms with Crippen molar-refractivity contribution in [1.29, 1.82) is 0 Å². The Bertz CT molecular complexity index is 1240. The first kappa shape index (κ1) is 23.6. The molecule has 168 valence electrons. The number of aromatic hydroxyl groups is 1. The van der Waals surface area contributed by atoms with E-state index in [1.54, 1.807) is 4.57 Å². The fourth-order valence-corrected chi connectivity index (χ4v) is 4.05. The van der Waals surface area contributed by atoms with Crippen LogP contribution >= 0.6 is 12.2 Å². The molecular weight excluding hydrogens is 420 g/mol. The third-order valence-electron chi connectivity index (χ3n) is 5.64. The third kappa shape index (κ3) is 4.74. The lowest BCUT2D eigenvalue weighted by atomic mass is 10.2. The van der Waals surface area contributed by atoms with Crippen LogP contribution in [0.25, 0.3) is 11.4 Å². The van der Waals surface area contributed by atoms with Crippen LogP contribution in [-0.4, -0.2) is 51.5 Å². The molecular formula is C25H30N4O2S. The predicted molar refractivity (Wildman–Crippen MR) is 134 cm³/mol. The van der Waals surface area contributed by atoms with Crippen molar-refractivity contribution in [3.05, 3.63) is 80.3 Å². The Morgan fingerprint density at radius 1 is 0.969 bits per heavy atom. The number of likely N-dealkylation sites (N-methyl/N-ethyl adjacent to an activating group) is 1. The van der Waals surface area contributed by atoms with Crippen molar-refractivity contribution in [1.82, 2.24) is 14.0 Å². The maximum Gasteiger partial charge on any atom is 0.271 e. The van der Waals surface area contributed by atoms with Crippen molar-refractivity contribution >= 4 is 18.4 Å². The second-order valence-electron chi connectivity index (χ2n) is 7.63. The second kappa shape index (κ2) is 10.5. The van der Waals surface area contributed by atoms with Crippen LogP contribution in [0.4, 0.5) is 0 Å². The van der Waals surface area contributed by atoms with Gasteiger partial charge in [0.1, 0.15) is 5.56 Å². The molecule has 0 unspecified atom stereocenters. The second-order valence-corrected chi connectivity index (χ2v) is 8.00. The van der Waals surface area contributed by atoms with Crippen LogP contribution in [0.2, 0.25) is 0 Å². The number of hydrogen-bond acceptors (Lipinski definition) is 5. The van der Waals surface area contributed by atoms with Gasteiger partial charge in [-0.05, 0) is 62.4 Å². The van der Waals surface area contributed by atoms with Crippen LogP contribution in [0.5, 0.6) is 5.88 Å². The van der Waals surface area contributed by atoms with E-state index in [4.69, 9.17) is 12.2 Å². The molecule has 0 saturated heterocycles. The van der Waals surface area contributed by atoms with Gasteiger partial charge in [-0.15, -0.1) is 0 Å². The van der Waals surface area contributed by atoms with E-state index in [1.165, 1.54) is 10.8 Å². The van der Waals surface area contributed by atoms with E-state index in [0.717, 1.165) is 36.4 Å². The van der Waals surface area contributed by atoms with E-state index >= 15 is 0 Å². The molecule has 0 bridgehead atoms. The van der Waals surface area contributed by atoms with E-state index < -0.39 is 5.56 Å². The van der Waals surface area contributed by atoms with E-state index in [0.29, 0.717) is 12.2 Å². The summed E-state index contributed by atoms with van der Waals surface area (Å²) in [6.07, 6.45) is 1.47. The number of rotatable bonds is 8. The standard InChI is InChI=1S/C25H30N4O2S/c1-5-27(6-2)16-15-26-17-20-23(30)28(21-13-9-7-11-18(21)3)25(32)29(24(20)31)22-14-10-8-12-19(22)4/h7-14,17,30H,5-6,15-16H2,1-4H3. The Morgan fingerprint density at radius 3 is 2.03 bits per heavy atom. The van der Waals surface area contributed by atoms with Gasteiger partial charge in [-0.25, -0.2) is 0 Å². The Kier molecular flexibility index (Phi) is 7.77. The molecule has 0 fully saturated rings. The van der Waals surface area contributed by atoms with Crippen molar-refractivity contribution in [2.45, 2.75) is 27.7 Å². The summed E-state index contributed by atoms with van der Waals surface area (Å²) in [6, 6.07) is 15.2. The summed E-state index contributed by atoms with van der Waals surface area (Å²) in [5, 5.41) is 11.2. The number of aliphatic imine (C=N–C) groups is 1. The number of aryl methyl sites for hydroxylation is 2. The van der Waals surface area contributed by atoms with Crippen LogP contribution in [0.15, 0.2) is 58.3 Å². The van der Waals surface area contributed by atoms with Crippen LogP contribution in [0.1, 0.15) is 30.5 Å². The van der Waals surface area contributed by atoms with Gasteiger partial charge in [0.05, 0.1) is 17.9 Å². The first-order valence-electron chi connectivity index (χ1n) is 10.9. The van der Waals surface area contributed by atoms with Crippen molar-refractivity contribution in [2.75, 3.05) is 26.2 Å². The predicted octanol–water partition coefficient (Wildman–Crippen LogP) is 4.44. The van der Waals surface area contributed by atoms with Crippen LogP contribution in [0.3, 0.4) is 0 Å². The third-order valence-corrected chi connectivity index (χ3v) is 6.01. The number of aromatic nitrogens is 2. The maximum atomic E-state index is 13.5. The highest BCUT2D eigenvalue weighted by Gasteiger charge is 2.19. The van der Waals surface area contributed by atoms with Gasteiger partial charge in [0.15, 0.2) is 4.77 Å². The molecule has 0 atom stereocenters. The van der Waals surface area contributed by atoms with E-state index in [1.807, 2.05) is 62.4 Å². The van der Waals surface area contributed by atoms with E-state index in [-0.39, 0.29) is 16.2 Å². The molecule has 1 aromatic heterocycles. The minimum Gasteiger partial charge on any atom is -0.494 e. The largest absolute Gasteiger partial charge is 0.494 e. The van der Waals surface area contributed by atoms with Gasteiger partial charge in [-0.2, -0.15) is 0 Å². The number of para-hydroxylation sites is 2. The SMILES string of the molecule is CCN(CC)CCN=Cc1c(O)n(-c2ccccc2C)c(=S)n(-c2ccccc2C)c1=O. The van der Waals surface area contributed by atoms with Gasteiger partial charge in [-0.1, -0.05) is 50.2 Å². The lowest BCUT2D eigenvalue weighted by Gasteiger charge is -2.19. The normalized spacial score (nSPS) is 11.5. The molecule has 0 amide bonds. The molecule has 6 nitrogen and oxygen atoms in total. The molecule has 1 heterocycles. The summed E-state index contributed by atoms with van der Waals surface area (Å²) in [4.78, 5) is 20.2. The zero-order valence-corrected chi connectivity index (χ0v) is 19.9. The molecule has 7 heteroatoms. The first-order valence-corrected chi connectivity index (χ1v) is 11.3. The average Bonchev–Trinajstić information content (AvgIpc) is 2.78. The van der Waals surface area contributed by atoms with Gasteiger partial charge in [0.25, 0.3) is 5.56 Å². The van der Waals surface area contributed by atoms with Gasteiger partial charge >= 0.3 is 0 Å². The summed E-state index contributed by atoms with van der Waals surface area (Å²) in [5.74, 6) is -0.203. The van der Waals surface area contributed by atoms with Gasteiger partial charge in [0.2, 0.25) is 5.88 Å². The molecule has 0 spiro atoms. The Labute approximate surface area is 194 Å². The van der Waals surface area contributed by atoms with Gasteiger partial charge < -0.3 is 10.0 Å². The zero-order valence-electron chi connectivity index (χ0n) is 19.1. The summed E-state index contributed by atoms with van der Waals surface area (Å²) in [6.45, 7) is 11.3. The number of nitrogens with zero attached hydrogens (tertiary/aromatic N) is 4. The van der Waals surface area contributed by atoms with Crippen molar-refractivity contribution in [2.24, 2.45) is 4.99 Å².